The molecule has 1 fully saturated rings. The van der Waals surface area contributed by atoms with E-state index in [0.29, 0.717) is 0 Å². The highest BCUT2D eigenvalue weighted by atomic mass is 15.3. The van der Waals surface area contributed by atoms with E-state index in [4.69, 9.17) is 4.98 Å². The van der Waals surface area contributed by atoms with Gasteiger partial charge in [-0.25, -0.2) is 4.98 Å². The van der Waals surface area contributed by atoms with Crippen LogP contribution in [0.5, 0.6) is 0 Å². The Morgan fingerprint density at radius 3 is 2.16 bits per heavy atom. The van der Waals surface area contributed by atoms with E-state index < -0.39 is 0 Å². The number of likely N-dealkylation sites (N-methyl/N-ethyl adjacent to an activating group) is 1. The quantitative estimate of drug-likeness (QED) is 0.733. The molecule has 0 radical (unpaired) electrons. The van der Waals surface area contributed by atoms with E-state index in [1.165, 1.54) is 0 Å². The van der Waals surface area contributed by atoms with Gasteiger partial charge < -0.3 is 4.90 Å². The van der Waals surface area contributed by atoms with Crippen molar-refractivity contribution in [3.05, 3.63) is 72.6 Å². The van der Waals surface area contributed by atoms with Crippen LogP contribution in [0.3, 0.4) is 0 Å². The van der Waals surface area contributed by atoms with Crippen LogP contribution in [0.25, 0.3) is 17.1 Å². The largest absolute Gasteiger partial charge is 0.304 e. The molecule has 0 amide bonds. The van der Waals surface area contributed by atoms with Crippen molar-refractivity contribution in [2.75, 3.05) is 33.2 Å². The van der Waals surface area contributed by atoms with E-state index in [1.54, 1.807) is 0 Å². The molecule has 0 aliphatic carbocycles. The highest BCUT2D eigenvalue weighted by molar-refractivity contribution is 5.59. The minimum Gasteiger partial charge on any atom is -0.304 e. The first-order valence-electron chi connectivity index (χ1n) is 8.89. The molecule has 0 bridgehead atoms. The van der Waals surface area contributed by atoms with Gasteiger partial charge in [0, 0.05) is 50.2 Å². The second-order valence-corrected chi connectivity index (χ2v) is 6.71. The number of hydrogen-bond donors (Lipinski definition) is 0. The van der Waals surface area contributed by atoms with Crippen molar-refractivity contribution >= 4 is 0 Å². The third kappa shape index (κ3) is 3.65. The maximum absolute atomic E-state index is 4.98. The van der Waals surface area contributed by atoms with Crippen LogP contribution in [-0.4, -0.2) is 52.6 Å². The van der Waals surface area contributed by atoms with Crippen LogP contribution in [0.4, 0.5) is 0 Å². The van der Waals surface area contributed by atoms with Gasteiger partial charge in [0.1, 0.15) is 5.82 Å². The van der Waals surface area contributed by atoms with E-state index in [-0.39, 0.29) is 0 Å². The summed E-state index contributed by atoms with van der Waals surface area (Å²) < 4.78 is 2.21. The van der Waals surface area contributed by atoms with Gasteiger partial charge in [0.15, 0.2) is 0 Å². The van der Waals surface area contributed by atoms with Crippen molar-refractivity contribution in [3.8, 4) is 17.1 Å². The zero-order valence-corrected chi connectivity index (χ0v) is 14.7. The van der Waals surface area contributed by atoms with Crippen molar-refractivity contribution < 1.29 is 0 Å². The topological polar surface area (TPSA) is 24.3 Å². The number of hydrogen-bond acceptors (Lipinski definition) is 3. The number of aromatic nitrogens is 2. The van der Waals surface area contributed by atoms with Crippen LogP contribution in [0.1, 0.15) is 5.69 Å². The second kappa shape index (κ2) is 7.21. The van der Waals surface area contributed by atoms with Crippen LogP contribution in [-0.2, 0) is 6.54 Å². The molecule has 1 saturated heterocycles. The maximum atomic E-state index is 4.98. The fourth-order valence-electron chi connectivity index (χ4n) is 3.32. The van der Waals surface area contributed by atoms with Gasteiger partial charge in [-0.05, 0) is 19.2 Å². The standard InChI is InChI=1S/C21H24N4/c1-23-12-14-24(15-13-23)16-19-17-25(20-10-6-3-7-11-20)21(22-19)18-8-4-2-5-9-18/h2-11,17H,12-16H2,1H3. The average molecular weight is 332 g/mol. The van der Waals surface area contributed by atoms with Gasteiger partial charge in [0.25, 0.3) is 0 Å². The van der Waals surface area contributed by atoms with Crippen LogP contribution in [0.2, 0.25) is 0 Å². The normalized spacial score (nSPS) is 16.2. The molecule has 1 aromatic heterocycles. The predicted octanol–water partition coefficient (Wildman–Crippen LogP) is 3.29. The second-order valence-electron chi connectivity index (χ2n) is 6.71. The predicted molar refractivity (Wildman–Crippen MR) is 102 cm³/mol. The molecule has 0 unspecified atom stereocenters. The van der Waals surface area contributed by atoms with Gasteiger partial charge in [0.2, 0.25) is 0 Å². The lowest BCUT2D eigenvalue weighted by molar-refractivity contribution is 0.147. The minimum absolute atomic E-state index is 0.910. The molecule has 3 aromatic rings. The fraction of sp³-hybridized carbons (Fsp3) is 0.286. The molecule has 4 nitrogen and oxygen atoms in total. The summed E-state index contributed by atoms with van der Waals surface area (Å²) in [6.45, 7) is 5.38. The summed E-state index contributed by atoms with van der Waals surface area (Å²) in [7, 11) is 2.19. The SMILES string of the molecule is CN1CCN(Cc2cn(-c3ccccc3)c(-c3ccccc3)n2)CC1. The number of rotatable bonds is 4. The highest BCUT2D eigenvalue weighted by Gasteiger charge is 2.17. The Kier molecular flexibility index (Phi) is 4.63. The number of nitrogens with zero attached hydrogens (tertiary/aromatic N) is 4. The summed E-state index contributed by atoms with van der Waals surface area (Å²) in [6, 6.07) is 20.9. The Labute approximate surface area is 149 Å². The number of imidazole rings is 1. The lowest BCUT2D eigenvalue weighted by Gasteiger charge is -2.31. The first-order chi connectivity index (χ1) is 12.3. The summed E-state index contributed by atoms with van der Waals surface area (Å²) in [5.74, 6) is 1.01. The van der Waals surface area contributed by atoms with E-state index in [1.807, 2.05) is 12.1 Å². The first-order valence-corrected chi connectivity index (χ1v) is 8.89. The Morgan fingerprint density at radius 1 is 0.840 bits per heavy atom. The summed E-state index contributed by atoms with van der Waals surface area (Å²) in [6.07, 6.45) is 2.19. The van der Waals surface area contributed by atoms with E-state index in [2.05, 4.69) is 76.1 Å². The Bertz CT molecular complexity index is 745. The molecule has 0 spiro atoms. The number of benzene rings is 2. The van der Waals surface area contributed by atoms with Crippen LogP contribution < -0.4 is 0 Å². The molecule has 25 heavy (non-hydrogen) atoms. The van der Waals surface area contributed by atoms with E-state index in [9.17, 15) is 0 Å². The van der Waals surface area contributed by atoms with Gasteiger partial charge >= 0.3 is 0 Å². The van der Waals surface area contributed by atoms with Crippen LogP contribution in [0, 0.1) is 0 Å². The Balaban J connectivity index is 1.66. The number of piperazine rings is 1. The fourth-order valence-corrected chi connectivity index (χ4v) is 3.32. The summed E-state index contributed by atoms with van der Waals surface area (Å²) in [5.41, 5.74) is 3.43. The van der Waals surface area contributed by atoms with Crippen LogP contribution in [0.15, 0.2) is 66.9 Å². The molecule has 0 atom stereocenters. The third-order valence-electron chi connectivity index (χ3n) is 4.80. The molecule has 0 N–H and O–H groups in total. The molecule has 2 aromatic carbocycles. The molecule has 4 rings (SSSR count). The lowest BCUT2D eigenvalue weighted by Crippen LogP contribution is -2.43. The van der Waals surface area contributed by atoms with Crippen molar-refractivity contribution in [3.63, 3.8) is 0 Å². The highest BCUT2D eigenvalue weighted by Crippen LogP contribution is 2.23. The van der Waals surface area contributed by atoms with Crippen molar-refractivity contribution in [1.29, 1.82) is 0 Å². The van der Waals surface area contributed by atoms with Gasteiger partial charge in [-0.2, -0.15) is 0 Å². The Hall–Kier alpha value is -2.43. The van der Waals surface area contributed by atoms with Gasteiger partial charge in [0.05, 0.1) is 5.69 Å². The van der Waals surface area contributed by atoms with Gasteiger partial charge in [-0.3, -0.25) is 9.47 Å². The van der Waals surface area contributed by atoms with Crippen molar-refractivity contribution in [1.82, 2.24) is 19.4 Å². The molecule has 0 saturated carbocycles. The zero-order chi connectivity index (χ0) is 17.1. The van der Waals surface area contributed by atoms with Gasteiger partial charge in [-0.15, -0.1) is 0 Å². The third-order valence-corrected chi connectivity index (χ3v) is 4.80. The molecule has 1 aliphatic rings. The van der Waals surface area contributed by atoms with Crippen molar-refractivity contribution in [2.45, 2.75) is 6.54 Å². The average Bonchev–Trinajstić information content (AvgIpc) is 3.09. The summed E-state index contributed by atoms with van der Waals surface area (Å²) >= 11 is 0. The molecule has 1 aliphatic heterocycles. The van der Waals surface area contributed by atoms with E-state index >= 15 is 0 Å². The first kappa shape index (κ1) is 16.1. The monoisotopic (exact) mass is 332 g/mol. The summed E-state index contributed by atoms with van der Waals surface area (Å²) in [5, 5.41) is 0. The van der Waals surface area contributed by atoms with Gasteiger partial charge in [-0.1, -0.05) is 48.5 Å². The zero-order valence-electron chi connectivity index (χ0n) is 14.7. The number of para-hydroxylation sites is 1. The molecule has 2 heterocycles. The smallest absolute Gasteiger partial charge is 0.144 e. The van der Waals surface area contributed by atoms with Crippen LogP contribution >= 0.6 is 0 Å². The lowest BCUT2D eigenvalue weighted by atomic mass is 10.2. The van der Waals surface area contributed by atoms with E-state index in [0.717, 1.165) is 55.5 Å². The molecular formula is C21H24N4. The molecular weight excluding hydrogens is 308 g/mol. The summed E-state index contributed by atoms with van der Waals surface area (Å²) in [4.78, 5) is 9.85. The molecule has 4 heteroatoms. The maximum Gasteiger partial charge on any atom is 0.144 e. The van der Waals surface area contributed by atoms with Crippen molar-refractivity contribution in [2.24, 2.45) is 0 Å². The Morgan fingerprint density at radius 2 is 1.48 bits per heavy atom. The molecule has 128 valence electrons. The minimum atomic E-state index is 0.910.